The number of hydrogen-bond donors (Lipinski definition) is 2. The normalized spacial score (nSPS) is 14.6. The van der Waals surface area contributed by atoms with Crippen molar-refractivity contribution in [2.75, 3.05) is 33.8 Å². The minimum Gasteiger partial charge on any atom is -0.491 e. The summed E-state index contributed by atoms with van der Waals surface area (Å²) in [7, 11) is 4.08. The summed E-state index contributed by atoms with van der Waals surface area (Å²) in [6.45, 7) is 7.85. The lowest BCUT2D eigenvalue weighted by atomic mass is 9.93. The predicted octanol–water partition coefficient (Wildman–Crippen LogP) is 1.83. The van der Waals surface area contributed by atoms with Gasteiger partial charge in [-0.3, -0.25) is 0 Å². The first-order chi connectivity index (χ1) is 9.37. The quantitative estimate of drug-likeness (QED) is 0.762. The van der Waals surface area contributed by atoms with Crippen LogP contribution in [-0.2, 0) is 5.54 Å². The number of hydrogen-bond acceptors (Lipinski definition) is 4. The molecule has 0 amide bonds. The molecule has 0 heterocycles. The third-order valence-corrected chi connectivity index (χ3v) is 3.25. The molecule has 0 bridgehead atoms. The van der Waals surface area contributed by atoms with Crippen LogP contribution in [0.1, 0.15) is 26.3 Å². The van der Waals surface area contributed by atoms with Gasteiger partial charge in [0.1, 0.15) is 5.75 Å². The molecular weight excluding hydrogens is 252 g/mol. The Bertz CT molecular complexity index is 390. The molecule has 1 aromatic carbocycles. The Morgan fingerprint density at radius 1 is 1.25 bits per heavy atom. The average molecular weight is 280 g/mol. The molecule has 4 heteroatoms. The van der Waals surface area contributed by atoms with E-state index in [2.05, 4.69) is 10.2 Å². The van der Waals surface area contributed by atoms with Gasteiger partial charge in [0, 0.05) is 13.1 Å². The number of aliphatic hydroxyl groups excluding tert-OH is 1. The Morgan fingerprint density at radius 3 is 2.30 bits per heavy atom. The standard InChI is InChI=1S/C16H28N2O2/c1-13(2)20-15-8-6-14(7-9-15)16(3,12-19)17-10-11-18(4)5/h6-9,13,17,19H,10-12H2,1-5H3. The van der Waals surface area contributed by atoms with Crippen LogP contribution in [0.25, 0.3) is 0 Å². The van der Waals surface area contributed by atoms with Gasteiger partial charge >= 0.3 is 0 Å². The molecule has 114 valence electrons. The summed E-state index contributed by atoms with van der Waals surface area (Å²) >= 11 is 0. The van der Waals surface area contributed by atoms with Crippen molar-refractivity contribution in [3.8, 4) is 5.75 Å². The third-order valence-electron chi connectivity index (χ3n) is 3.25. The molecule has 1 rings (SSSR count). The van der Waals surface area contributed by atoms with Crippen LogP contribution >= 0.6 is 0 Å². The molecule has 0 aromatic heterocycles. The monoisotopic (exact) mass is 280 g/mol. The van der Waals surface area contributed by atoms with E-state index >= 15 is 0 Å². The molecule has 1 atom stereocenters. The highest BCUT2D eigenvalue weighted by molar-refractivity contribution is 5.31. The van der Waals surface area contributed by atoms with Gasteiger partial charge < -0.3 is 20.1 Å². The van der Waals surface area contributed by atoms with E-state index in [1.807, 2.05) is 59.1 Å². The zero-order chi connectivity index (χ0) is 15.2. The fourth-order valence-corrected chi connectivity index (χ4v) is 1.98. The Hall–Kier alpha value is -1.10. The van der Waals surface area contributed by atoms with Crippen molar-refractivity contribution in [3.63, 3.8) is 0 Å². The van der Waals surface area contributed by atoms with Gasteiger partial charge in [-0.25, -0.2) is 0 Å². The number of likely N-dealkylation sites (N-methyl/N-ethyl adjacent to an activating group) is 1. The number of nitrogens with one attached hydrogen (secondary N) is 1. The average Bonchev–Trinajstić information content (AvgIpc) is 2.38. The van der Waals surface area contributed by atoms with Crippen LogP contribution in [0.4, 0.5) is 0 Å². The maximum absolute atomic E-state index is 9.71. The van der Waals surface area contributed by atoms with Gasteiger partial charge in [0.05, 0.1) is 18.2 Å². The molecule has 0 radical (unpaired) electrons. The maximum Gasteiger partial charge on any atom is 0.119 e. The summed E-state index contributed by atoms with van der Waals surface area (Å²) in [5.41, 5.74) is 0.640. The lowest BCUT2D eigenvalue weighted by Gasteiger charge is -2.30. The van der Waals surface area contributed by atoms with Crippen LogP contribution in [0.15, 0.2) is 24.3 Å². The number of aliphatic hydroxyl groups is 1. The van der Waals surface area contributed by atoms with Crippen LogP contribution in [-0.4, -0.2) is 49.9 Å². The number of ether oxygens (including phenoxy) is 1. The van der Waals surface area contributed by atoms with Crippen molar-refractivity contribution in [2.24, 2.45) is 0 Å². The molecule has 4 nitrogen and oxygen atoms in total. The topological polar surface area (TPSA) is 44.7 Å². The summed E-state index contributed by atoms with van der Waals surface area (Å²) in [5, 5.41) is 13.1. The number of benzene rings is 1. The summed E-state index contributed by atoms with van der Waals surface area (Å²) in [6, 6.07) is 7.93. The number of nitrogens with zero attached hydrogens (tertiary/aromatic N) is 1. The molecule has 0 aliphatic carbocycles. The second-order valence-corrected chi connectivity index (χ2v) is 5.91. The SMILES string of the molecule is CC(C)Oc1ccc(C(C)(CO)NCCN(C)C)cc1. The first kappa shape index (κ1) is 17.0. The van der Waals surface area contributed by atoms with Crippen LogP contribution in [0.5, 0.6) is 5.75 Å². The first-order valence-electron chi connectivity index (χ1n) is 7.15. The second-order valence-electron chi connectivity index (χ2n) is 5.91. The molecule has 2 N–H and O–H groups in total. The summed E-state index contributed by atoms with van der Waals surface area (Å²) in [6.07, 6.45) is 0.170. The van der Waals surface area contributed by atoms with Crippen molar-refractivity contribution >= 4 is 0 Å². The smallest absolute Gasteiger partial charge is 0.119 e. The van der Waals surface area contributed by atoms with Crippen molar-refractivity contribution in [2.45, 2.75) is 32.4 Å². The van der Waals surface area contributed by atoms with Crippen molar-refractivity contribution in [1.29, 1.82) is 0 Å². The summed E-state index contributed by atoms with van der Waals surface area (Å²) in [5.74, 6) is 0.859. The minimum absolute atomic E-state index is 0.0603. The van der Waals surface area contributed by atoms with E-state index in [0.29, 0.717) is 0 Å². The second kappa shape index (κ2) is 7.62. The largest absolute Gasteiger partial charge is 0.491 e. The molecule has 0 aliphatic heterocycles. The van der Waals surface area contributed by atoms with E-state index in [4.69, 9.17) is 4.74 Å². The zero-order valence-electron chi connectivity index (χ0n) is 13.3. The maximum atomic E-state index is 9.71. The van der Waals surface area contributed by atoms with Crippen LogP contribution < -0.4 is 10.1 Å². The van der Waals surface area contributed by atoms with Gasteiger partial charge in [-0.15, -0.1) is 0 Å². The lowest BCUT2D eigenvalue weighted by Crippen LogP contribution is -2.45. The highest BCUT2D eigenvalue weighted by Crippen LogP contribution is 2.23. The molecule has 20 heavy (non-hydrogen) atoms. The summed E-state index contributed by atoms with van der Waals surface area (Å²) < 4.78 is 5.64. The van der Waals surface area contributed by atoms with Crippen molar-refractivity contribution in [3.05, 3.63) is 29.8 Å². The predicted molar refractivity (Wildman–Crippen MR) is 83.2 cm³/mol. The van der Waals surface area contributed by atoms with Crippen LogP contribution in [0.2, 0.25) is 0 Å². The van der Waals surface area contributed by atoms with E-state index in [0.717, 1.165) is 24.4 Å². The molecule has 0 aliphatic rings. The minimum atomic E-state index is -0.424. The fraction of sp³-hybridized carbons (Fsp3) is 0.625. The molecular formula is C16H28N2O2. The highest BCUT2D eigenvalue weighted by Gasteiger charge is 2.24. The number of rotatable bonds is 8. The van der Waals surface area contributed by atoms with Crippen LogP contribution in [0.3, 0.4) is 0 Å². The van der Waals surface area contributed by atoms with Gasteiger partial charge in [0.15, 0.2) is 0 Å². The fourth-order valence-electron chi connectivity index (χ4n) is 1.98. The Morgan fingerprint density at radius 2 is 1.85 bits per heavy atom. The van der Waals surface area contributed by atoms with E-state index in [1.165, 1.54) is 0 Å². The van der Waals surface area contributed by atoms with Gasteiger partial charge in [0.2, 0.25) is 0 Å². The zero-order valence-corrected chi connectivity index (χ0v) is 13.3. The van der Waals surface area contributed by atoms with Crippen molar-refractivity contribution in [1.82, 2.24) is 10.2 Å². The van der Waals surface area contributed by atoms with Gasteiger partial charge in [-0.1, -0.05) is 12.1 Å². The van der Waals surface area contributed by atoms with Gasteiger partial charge in [0.25, 0.3) is 0 Å². The molecule has 0 spiro atoms. The molecule has 1 unspecified atom stereocenters. The molecule has 0 saturated heterocycles. The van der Waals surface area contributed by atoms with Crippen LogP contribution in [0, 0.1) is 0 Å². The van der Waals surface area contributed by atoms with E-state index < -0.39 is 5.54 Å². The van der Waals surface area contributed by atoms with Gasteiger partial charge in [-0.05, 0) is 52.6 Å². The Balaban J connectivity index is 2.72. The van der Waals surface area contributed by atoms with Gasteiger partial charge in [-0.2, -0.15) is 0 Å². The first-order valence-corrected chi connectivity index (χ1v) is 7.15. The van der Waals surface area contributed by atoms with E-state index in [1.54, 1.807) is 0 Å². The molecule has 0 saturated carbocycles. The van der Waals surface area contributed by atoms with E-state index in [9.17, 15) is 5.11 Å². The lowest BCUT2D eigenvalue weighted by molar-refractivity contribution is 0.171. The van der Waals surface area contributed by atoms with Crippen molar-refractivity contribution < 1.29 is 9.84 Å². The Kier molecular flexibility index (Phi) is 6.46. The summed E-state index contributed by atoms with van der Waals surface area (Å²) in [4.78, 5) is 2.12. The molecule has 1 aromatic rings. The highest BCUT2D eigenvalue weighted by atomic mass is 16.5. The van der Waals surface area contributed by atoms with E-state index in [-0.39, 0.29) is 12.7 Å². The Labute approximate surface area is 122 Å². The molecule has 0 fully saturated rings. The third kappa shape index (κ3) is 5.12.